The smallest absolute Gasteiger partial charge is 0.242 e. The highest BCUT2D eigenvalue weighted by Gasteiger charge is 2.15. The van der Waals surface area contributed by atoms with Crippen LogP contribution in [0.1, 0.15) is 5.56 Å². The third-order valence-electron chi connectivity index (χ3n) is 2.86. The number of nitrogens with two attached hydrogens (primary N) is 1. The summed E-state index contributed by atoms with van der Waals surface area (Å²) in [5, 5.41) is 0. The Labute approximate surface area is 132 Å². The molecule has 3 N–H and O–H groups in total. The first-order chi connectivity index (χ1) is 9.92. The molecule has 0 heterocycles. The molecule has 0 spiro atoms. The van der Waals surface area contributed by atoms with Crippen LogP contribution in [0.25, 0.3) is 0 Å². The Morgan fingerprint density at radius 1 is 1.19 bits per heavy atom. The van der Waals surface area contributed by atoms with E-state index in [9.17, 15) is 8.42 Å². The highest BCUT2D eigenvalue weighted by Crippen LogP contribution is 2.24. The first-order valence-electron chi connectivity index (χ1n) is 6.12. The molecule has 0 aromatic heterocycles. The van der Waals surface area contributed by atoms with Crippen molar-refractivity contribution in [1.82, 2.24) is 4.72 Å². The van der Waals surface area contributed by atoms with Gasteiger partial charge in [0.05, 0.1) is 5.69 Å². The molecule has 2 aromatic carbocycles. The third-order valence-corrected chi connectivity index (χ3v) is 4.88. The van der Waals surface area contributed by atoms with E-state index in [1.807, 2.05) is 24.3 Å². The largest absolute Gasteiger partial charge is 0.489 e. The molecule has 2 aromatic rings. The molecule has 0 atom stereocenters. The van der Waals surface area contributed by atoms with E-state index in [-0.39, 0.29) is 10.6 Å². The lowest BCUT2D eigenvalue weighted by atomic mass is 10.2. The third kappa shape index (κ3) is 3.96. The standard InChI is InChI=1S/C14H15BrN2O3S/c1-17-21(18,19)14-7-6-12(8-13(14)16)20-9-10-2-4-11(15)5-3-10/h2-8,17H,9,16H2,1H3. The lowest BCUT2D eigenvalue weighted by Crippen LogP contribution is -2.19. The Kier molecular flexibility index (Phi) is 4.87. The maximum absolute atomic E-state index is 11.7. The first-order valence-corrected chi connectivity index (χ1v) is 8.40. The van der Waals surface area contributed by atoms with E-state index in [4.69, 9.17) is 10.5 Å². The fourth-order valence-corrected chi connectivity index (χ4v) is 2.82. The van der Waals surface area contributed by atoms with Crippen molar-refractivity contribution >= 4 is 31.6 Å². The van der Waals surface area contributed by atoms with Crippen molar-refractivity contribution in [2.24, 2.45) is 0 Å². The summed E-state index contributed by atoms with van der Waals surface area (Å²) in [6.45, 7) is 0.380. The fraction of sp³-hybridized carbons (Fsp3) is 0.143. The van der Waals surface area contributed by atoms with Gasteiger partial charge in [0.15, 0.2) is 0 Å². The number of nitrogen functional groups attached to an aromatic ring is 1. The van der Waals surface area contributed by atoms with Crippen molar-refractivity contribution in [3.63, 3.8) is 0 Å². The molecule has 0 saturated carbocycles. The average Bonchev–Trinajstić information content (AvgIpc) is 2.46. The Balaban J connectivity index is 2.12. The molecular formula is C14H15BrN2O3S. The van der Waals surface area contributed by atoms with Crippen LogP contribution >= 0.6 is 15.9 Å². The van der Waals surface area contributed by atoms with Gasteiger partial charge in [-0.15, -0.1) is 0 Å². The minimum Gasteiger partial charge on any atom is -0.489 e. The zero-order valence-electron chi connectivity index (χ0n) is 11.3. The van der Waals surface area contributed by atoms with E-state index in [1.54, 1.807) is 6.07 Å². The number of sulfonamides is 1. The second-order valence-corrected chi connectivity index (χ2v) is 7.09. The summed E-state index contributed by atoms with van der Waals surface area (Å²) in [6.07, 6.45) is 0. The molecule has 0 aliphatic heterocycles. The second-order valence-electron chi connectivity index (χ2n) is 4.32. The lowest BCUT2D eigenvalue weighted by molar-refractivity contribution is 0.306. The molecule has 0 fully saturated rings. The minimum atomic E-state index is -3.55. The van der Waals surface area contributed by atoms with Gasteiger partial charge >= 0.3 is 0 Å². The number of nitrogens with one attached hydrogen (secondary N) is 1. The number of anilines is 1. The number of ether oxygens (including phenoxy) is 1. The zero-order chi connectivity index (χ0) is 15.5. The van der Waals surface area contributed by atoms with Crippen LogP contribution in [0.5, 0.6) is 5.75 Å². The number of benzene rings is 2. The summed E-state index contributed by atoms with van der Waals surface area (Å²) < 4.78 is 32.2. The van der Waals surface area contributed by atoms with Crippen molar-refractivity contribution in [3.05, 3.63) is 52.5 Å². The summed E-state index contributed by atoms with van der Waals surface area (Å²) in [7, 11) is -2.21. The summed E-state index contributed by atoms with van der Waals surface area (Å²) in [5.74, 6) is 0.519. The van der Waals surface area contributed by atoms with Crippen molar-refractivity contribution in [2.75, 3.05) is 12.8 Å². The first kappa shape index (κ1) is 15.8. The molecule has 0 amide bonds. The molecule has 7 heteroatoms. The maximum Gasteiger partial charge on any atom is 0.242 e. The van der Waals surface area contributed by atoms with E-state index in [1.165, 1.54) is 19.2 Å². The van der Waals surface area contributed by atoms with Crippen LogP contribution < -0.4 is 15.2 Å². The van der Waals surface area contributed by atoms with Crippen LogP contribution in [0.4, 0.5) is 5.69 Å². The molecule has 0 aliphatic rings. The minimum absolute atomic E-state index is 0.0426. The van der Waals surface area contributed by atoms with Gasteiger partial charge in [0.25, 0.3) is 0 Å². The van der Waals surface area contributed by atoms with E-state index in [2.05, 4.69) is 20.7 Å². The van der Waals surface area contributed by atoms with Gasteiger partial charge in [0.2, 0.25) is 10.0 Å². The Bertz CT molecular complexity index is 730. The predicted molar refractivity (Wildman–Crippen MR) is 85.6 cm³/mol. The van der Waals surface area contributed by atoms with Gasteiger partial charge in [-0.25, -0.2) is 13.1 Å². The fourth-order valence-electron chi connectivity index (χ4n) is 1.72. The summed E-state index contributed by atoms with van der Waals surface area (Å²) >= 11 is 3.36. The normalized spacial score (nSPS) is 11.3. The van der Waals surface area contributed by atoms with E-state index < -0.39 is 10.0 Å². The van der Waals surface area contributed by atoms with Crippen LogP contribution in [0.2, 0.25) is 0 Å². The van der Waals surface area contributed by atoms with Crippen LogP contribution in [0.3, 0.4) is 0 Å². The number of hydrogen-bond donors (Lipinski definition) is 2. The monoisotopic (exact) mass is 370 g/mol. The van der Waals surface area contributed by atoms with Crippen molar-refractivity contribution in [3.8, 4) is 5.75 Å². The molecular weight excluding hydrogens is 356 g/mol. The molecule has 21 heavy (non-hydrogen) atoms. The quantitative estimate of drug-likeness (QED) is 0.792. The van der Waals surface area contributed by atoms with Crippen molar-refractivity contribution in [1.29, 1.82) is 0 Å². The molecule has 0 radical (unpaired) electrons. The van der Waals surface area contributed by atoms with Crippen LogP contribution in [-0.2, 0) is 16.6 Å². The average molecular weight is 371 g/mol. The predicted octanol–water partition coefficient (Wildman–Crippen LogP) is 2.52. The highest BCUT2D eigenvalue weighted by atomic mass is 79.9. The van der Waals surface area contributed by atoms with Gasteiger partial charge in [-0.05, 0) is 36.9 Å². The highest BCUT2D eigenvalue weighted by molar-refractivity contribution is 9.10. The van der Waals surface area contributed by atoms with E-state index >= 15 is 0 Å². The molecule has 5 nitrogen and oxygen atoms in total. The molecule has 2 rings (SSSR count). The van der Waals surface area contributed by atoms with E-state index in [0.29, 0.717) is 12.4 Å². The van der Waals surface area contributed by atoms with Gasteiger partial charge in [-0.1, -0.05) is 28.1 Å². The van der Waals surface area contributed by atoms with Gasteiger partial charge < -0.3 is 10.5 Å². The van der Waals surface area contributed by atoms with Crippen molar-refractivity contribution in [2.45, 2.75) is 11.5 Å². The maximum atomic E-state index is 11.7. The van der Waals surface area contributed by atoms with E-state index in [0.717, 1.165) is 10.0 Å². The molecule has 0 aliphatic carbocycles. The van der Waals surface area contributed by atoms with Gasteiger partial charge in [0, 0.05) is 10.5 Å². The van der Waals surface area contributed by atoms with Crippen molar-refractivity contribution < 1.29 is 13.2 Å². The molecule has 112 valence electrons. The Morgan fingerprint density at radius 2 is 1.86 bits per heavy atom. The summed E-state index contributed by atoms with van der Waals surface area (Å²) in [6, 6.07) is 12.2. The van der Waals surface area contributed by atoms with Crippen LogP contribution in [-0.4, -0.2) is 15.5 Å². The van der Waals surface area contributed by atoms with Gasteiger partial charge in [-0.3, -0.25) is 0 Å². The topological polar surface area (TPSA) is 81.4 Å². The second kappa shape index (κ2) is 6.46. The Hall–Kier alpha value is -1.57. The summed E-state index contributed by atoms with van der Waals surface area (Å²) in [4.78, 5) is 0.0426. The lowest BCUT2D eigenvalue weighted by Gasteiger charge is -2.10. The molecule has 0 unspecified atom stereocenters. The molecule has 0 saturated heterocycles. The van der Waals surface area contributed by atoms with Gasteiger partial charge in [-0.2, -0.15) is 0 Å². The van der Waals surface area contributed by atoms with Crippen LogP contribution in [0.15, 0.2) is 51.8 Å². The number of halogens is 1. The van der Waals surface area contributed by atoms with Gasteiger partial charge in [0.1, 0.15) is 17.3 Å². The zero-order valence-corrected chi connectivity index (χ0v) is 13.7. The number of rotatable bonds is 5. The SMILES string of the molecule is CNS(=O)(=O)c1ccc(OCc2ccc(Br)cc2)cc1N. The number of hydrogen-bond acceptors (Lipinski definition) is 4. The molecule has 0 bridgehead atoms. The summed E-state index contributed by atoms with van der Waals surface area (Å²) in [5.41, 5.74) is 6.92. The Morgan fingerprint density at radius 3 is 2.43 bits per heavy atom. The van der Waals surface area contributed by atoms with Crippen LogP contribution in [0, 0.1) is 0 Å².